The first-order chi connectivity index (χ1) is 16.0. The molecular formula is C25H25FN4O2S. The lowest BCUT2D eigenvalue weighted by atomic mass is 9.99. The molecule has 0 bridgehead atoms. The van der Waals surface area contributed by atoms with E-state index < -0.39 is 18.5 Å². The summed E-state index contributed by atoms with van der Waals surface area (Å²) >= 11 is 1.59. The van der Waals surface area contributed by atoms with E-state index in [4.69, 9.17) is 0 Å². The summed E-state index contributed by atoms with van der Waals surface area (Å²) in [6.07, 6.45) is 3.56. The summed E-state index contributed by atoms with van der Waals surface area (Å²) in [5.41, 5.74) is 3.21. The fourth-order valence-corrected chi connectivity index (χ4v) is 4.90. The topological polar surface area (TPSA) is 82.6 Å². The zero-order chi connectivity index (χ0) is 23.4. The number of anilines is 2. The Bertz CT molecular complexity index is 1230. The molecule has 0 unspecified atom stereocenters. The largest absolute Gasteiger partial charge is 0.387 e. The number of nitrogens with zero attached hydrogens (tertiary/aromatic N) is 1. The quantitative estimate of drug-likeness (QED) is 0.459. The highest BCUT2D eigenvalue weighted by atomic mass is 32.1. The molecule has 0 aliphatic carbocycles. The molecular weight excluding hydrogens is 439 g/mol. The smallest absolute Gasteiger partial charge is 0.313 e. The summed E-state index contributed by atoms with van der Waals surface area (Å²) in [5.74, 6) is -1.33. The number of hydrogen-bond donors (Lipinski definition) is 3. The molecule has 1 aromatic heterocycles. The normalized spacial score (nSPS) is 15.2. The molecule has 33 heavy (non-hydrogen) atoms. The van der Waals surface area contributed by atoms with Gasteiger partial charge in [-0.05, 0) is 47.2 Å². The predicted molar refractivity (Wildman–Crippen MR) is 134 cm³/mol. The maximum Gasteiger partial charge on any atom is 0.313 e. The Kier molecular flexibility index (Phi) is 6.84. The molecule has 0 saturated heterocycles. The second-order valence-corrected chi connectivity index (χ2v) is 8.97. The van der Waals surface area contributed by atoms with Gasteiger partial charge in [0.25, 0.3) is 0 Å². The molecule has 8 heteroatoms. The number of hydrogen-bond acceptors (Lipinski definition) is 5. The van der Waals surface area contributed by atoms with Crippen molar-refractivity contribution in [3.8, 4) is 10.4 Å². The molecule has 4 rings (SSSR count). The van der Waals surface area contributed by atoms with Crippen LogP contribution in [0.3, 0.4) is 0 Å². The standard InChI is InChI=1S/C25H25FN4O2S/c1-15-13-28-8-7-17(15)14-29-24(31)25(32)30-19-9-18(12-26)23(27-2)20(11-19)22-10-16-5-3-4-6-21(16)33-22/h3-11,15,27H,12-14H2,1-2H3,(H,29,31)(H,30,32)/t15-/m1/s1. The monoisotopic (exact) mass is 464 g/mol. The Morgan fingerprint density at radius 3 is 2.73 bits per heavy atom. The Labute approximate surface area is 195 Å². The maximum atomic E-state index is 13.9. The molecule has 1 aliphatic rings. The van der Waals surface area contributed by atoms with Crippen LogP contribution in [0, 0.1) is 5.92 Å². The Morgan fingerprint density at radius 2 is 2.00 bits per heavy atom. The van der Waals surface area contributed by atoms with Gasteiger partial charge in [-0.3, -0.25) is 14.6 Å². The zero-order valence-corrected chi connectivity index (χ0v) is 19.3. The number of carbonyl (C=O) groups excluding carboxylic acids is 2. The van der Waals surface area contributed by atoms with Crippen LogP contribution in [-0.4, -0.2) is 38.2 Å². The van der Waals surface area contributed by atoms with Crippen molar-refractivity contribution in [2.75, 3.05) is 30.8 Å². The van der Waals surface area contributed by atoms with E-state index in [0.717, 1.165) is 26.1 Å². The van der Waals surface area contributed by atoms with E-state index in [0.29, 0.717) is 23.5 Å². The third kappa shape index (κ3) is 4.96. The van der Waals surface area contributed by atoms with Crippen LogP contribution in [-0.2, 0) is 16.3 Å². The molecule has 1 aliphatic heterocycles. The summed E-state index contributed by atoms with van der Waals surface area (Å²) in [6.45, 7) is 2.25. The van der Waals surface area contributed by atoms with Crippen molar-refractivity contribution >= 4 is 50.8 Å². The fraction of sp³-hybridized carbons (Fsp3) is 0.240. The van der Waals surface area contributed by atoms with E-state index >= 15 is 0 Å². The number of halogens is 1. The number of dihydropyridines is 1. The first kappa shape index (κ1) is 22.7. The SMILES string of the molecule is CNc1c(CF)cc(NC(=O)C(=O)NCC2=CC=NC[C@H]2C)cc1-c1cc2ccccc2s1. The van der Waals surface area contributed by atoms with Gasteiger partial charge in [0.1, 0.15) is 6.67 Å². The molecule has 1 atom stereocenters. The molecule has 2 amide bonds. The zero-order valence-electron chi connectivity index (χ0n) is 18.4. The van der Waals surface area contributed by atoms with Gasteiger partial charge in [-0.25, -0.2) is 4.39 Å². The fourth-order valence-electron chi connectivity index (χ4n) is 3.82. The summed E-state index contributed by atoms with van der Waals surface area (Å²) in [7, 11) is 1.74. The van der Waals surface area contributed by atoms with Crippen molar-refractivity contribution in [1.82, 2.24) is 5.32 Å². The molecule has 0 radical (unpaired) electrons. The highest BCUT2D eigenvalue weighted by molar-refractivity contribution is 7.22. The van der Waals surface area contributed by atoms with E-state index in [1.54, 1.807) is 36.7 Å². The molecule has 0 fully saturated rings. The minimum atomic E-state index is -0.794. The number of aliphatic imine (C=N–C) groups is 1. The number of thiophene rings is 1. The van der Waals surface area contributed by atoms with Crippen molar-refractivity contribution < 1.29 is 14.0 Å². The number of carbonyl (C=O) groups is 2. The van der Waals surface area contributed by atoms with Crippen molar-refractivity contribution in [2.24, 2.45) is 10.9 Å². The van der Waals surface area contributed by atoms with Gasteiger partial charge in [0.05, 0.1) is 0 Å². The lowest BCUT2D eigenvalue weighted by Crippen LogP contribution is -2.37. The third-order valence-corrected chi connectivity index (χ3v) is 6.78. The van der Waals surface area contributed by atoms with Crippen LogP contribution in [0.4, 0.5) is 15.8 Å². The Hall–Kier alpha value is -3.52. The number of alkyl halides is 1. The molecule has 0 saturated carbocycles. The van der Waals surface area contributed by atoms with Crippen LogP contribution in [0.15, 0.2) is 59.1 Å². The average molecular weight is 465 g/mol. The molecule has 3 aromatic rings. The van der Waals surface area contributed by atoms with E-state index in [2.05, 4.69) is 20.9 Å². The lowest BCUT2D eigenvalue weighted by Gasteiger charge is -2.17. The number of allylic oxidation sites excluding steroid dienone is 1. The number of amides is 2. The van der Waals surface area contributed by atoms with Gasteiger partial charge in [0.15, 0.2) is 0 Å². The number of rotatable bonds is 6. The number of fused-ring (bicyclic) bond motifs is 1. The summed E-state index contributed by atoms with van der Waals surface area (Å²) in [6, 6.07) is 13.4. The Balaban J connectivity index is 1.56. The number of nitrogens with one attached hydrogen (secondary N) is 3. The van der Waals surface area contributed by atoms with Crippen LogP contribution in [0.25, 0.3) is 20.5 Å². The first-order valence-corrected chi connectivity index (χ1v) is 11.5. The van der Waals surface area contributed by atoms with Crippen molar-refractivity contribution in [2.45, 2.75) is 13.6 Å². The second kappa shape index (κ2) is 9.95. The molecule has 2 aromatic carbocycles. The maximum absolute atomic E-state index is 13.9. The molecule has 2 heterocycles. The van der Waals surface area contributed by atoms with Gasteiger partial charge in [0, 0.05) is 58.4 Å². The Morgan fingerprint density at radius 1 is 1.18 bits per heavy atom. The van der Waals surface area contributed by atoms with Gasteiger partial charge in [-0.15, -0.1) is 11.3 Å². The summed E-state index contributed by atoms with van der Waals surface area (Å²) in [4.78, 5) is 30.0. The second-order valence-electron chi connectivity index (χ2n) is 7.88. The molecule has 3 N–H and O–H groups in total. The van der Waals surface area contributed by atoms with Crippen molar-refractivity contribution in [3.63, 3.8) is 0 Å². The van der Waals surface area contributed by atoms with E-state index in [9.17, 15) is 14.0 Å². The van der Waals surface area contributed by atoms with Crippen molar-refractivity contribution in [3.05, 3.63) is 59.7 Å². The van der Waals surface area contributed by atoms with E-state index in [1.165, 1.54) is 0 Å². The molecule has 0 spiro atoms. The predicted octanol–water partition coefficient (Wildman–Crippen LogP) is 4.78. The van der Waals surface area contributed by atoms with Crippen LogP contribution in [0.1, 0.15) is 12.5 Å². The van der Waals surface area contributed by atoms with Crippen molar-refractivity contribution in [1.29, 1.82) is 0 Å². The molecule has 170 valence electrons. The highest BCUT2D eigenvalue weighted by Crippen LogP contribution is 2.40. The van der Waals surface area contributed by atoms with Gasteiger partial charge in [-0.2, -0.15) is 0 Å². The lowest BCUT2D eigenvalue weighted by molar-refractivity contribution is -0.136. The van der Waals surface area contributed by atoms with E-state index in [-0.39, 0.29) is 12.5 Å². The van der Waals surface area contributed by atoms with Gasteiger partial charge in [-0.1, -0.05) is 25.1 Å². The third-order valence-electron chi connectivity index (χ3n) is 5.63. The molecule has 6 nitrogen and oxygen atoms in total. The van der Waals surface area contributed by atoms with Gasteiger partial charge >= 0.3 is 11.8 Å². The van der Waals surface area contributed by atoms with Crippen LogP contribution < -0.4 is 16.0 Å². The minimum Gasteiger partial charge on any atom is -0.387 e. The van der Waals surface area contributed by atoms with Gasteiger partial charge < -0.3 is 16.0 Å². The van der Waals surface area contributed by atoms with Crippen LogP contribution >= 0.6 is 11.3 Å². The van der Waals surface area contributed by atoms with Crippen LogP contribution in [0.5, 0.6) is 0 Å². The summed E-state index contributed by atoms with van der Waals surface area (Å²) in [5, 5.41) is 9.45. The first-order valence-electron chi connectivity index (χ1n) is 10.7. The van der Waals surface area contributed by atoms with E-state index in [1.807, 2.05) is 43.3 Å². The van der Waals surface area contributed by atoms with Crippen LogP contribution in [0.2, 0.25) is 0 Å². The average Bonchev–Trinajstić information content (AvgIpc) is 3.27. The highest BCUT2D eigenvalue weighted by Gasteiger charge is 2.19. The number of benzene rings is 2. The summed E-state index contributed by atoms with van der Waals surface area (Å²) < 4.78 is 15.0. The minimum absolute atomic E-state index is 0.212. The van der Waals surface area contributed by atoms with Gasteiger partial charge in [0.2, 0.25) is 0 Å².